The minimum absolute atomic E-state index is 0.0387. The molecule has 2 aliphatic rings. The van der Waals surface area contributed by atoms with E-state index < -0.39 is 5.82 Å². The Morgan fingerprint density at radius 3 is 2.87 bits per heavy atom. The van der Waals surface area contributed by atoms with Crippen LogP contribution in [0, 0.1) is 5.82 Å². The van der Waals surface area contributed by atoms with Gasteiger partial charge in [0.2, 0.25) is 5.91 Å². The van der Waals surface area contributed by atoms with Gasteiger partial charge in [0.15, 0.2) is 0 Å². The Kier molecular flexibility index (Phi) is 4.61. The minimum atomic E-state index is -0.547. The normalized spacial score (nSPS) is 24.0. The van der Waals surface area contributed by atoms with Crippen LogP contribution in [-0.2, 0) is 9.53 Å². The Morgan fingerprint density at radius 2 is 2.09 bits per heavy atom. The molecule has 0 spiro atoms. The number of carbonyl (C=O) groups excluding carboxylic acids is 2. The lowest BCUT2D eigenvalue weighted by molar-refractivity contribution is -0.114. The lowest BCUT2D eigenvalue weighted by Gasteiger charge is -2.43. The maximum absolute atomic E-state index is 13.7. The van der Waals surface area contributed by atoms with Gasteiger partial charge in [0.1, 0.15) is 5.82 Å². The van der Waals surface area contributed by atoms with Crippen LogP contribution < -0.4 is 5.32 Å². The van der Waals surface area contributed by atoms with E-state index >= 15 is 0 Å². The summed E-state index contributed by atoms with van der Waals surface area (Å²) >= 11 is 0. The number of halogens is 1. The van der Waals surface area contributed by atoms with Gasteiger partial charge in [-0.05, 0) is 31.0 Å². The molecule has 0 unspecified atom stereocenters. The molecule has 5 nitrogen and oxygen atoms in total. The first-order valence-corrected chi connectivity index (χ1v) is 8.06. The van der Waals surface area contributed by atoms with Gasteiger partial charge in [0, 0.05) is 19.0 Å². The van der Waals surface area contributed by atoms with Gasteiger partial charge in [-0.3, -0.25) is 9.59 Å². The molecule has 1 saturated heterocycles. The fourth-order valence-corrected chi connectivity index (χ4v) is 3.46. The fraction of sp³-hybridized carbons (Fsp3) is 0.529. The van der Waals surface area contributed by atoms with Gasteiger partial charge < -0.3 is 15.0 Å². The van der Waals surface area contributed by atoms with Gasteiger partial charge in [-0.1, -0.05) is 12.8 Å². The summed E-state index contributed by atoms with van der Waals surface area (Å²) in [5.74, 6) is -1.04. The predicted octanol–water partition coefficient (Wildman–Crippen LogP) is 2.57. The number of hydrogen-bond donors (Lipinski definition) is 1. The molecule has 1 heterocycles. The van der Waals surface area contributed by atoms with Gasteiger partial charge >= 0.3 is 0 Å². The van der Waals surface area contributed by atoms with Gasteiger partial charge in [-0.15, -0.1) is 0 Å². The van der Waals surface area contributed by atoms with Gasteiger partial charge in [0.25, 0.3) is 5.91 Å². The van der Waals surface area contributed by atoms with Crippen LogP contribution >= 0.6 is 0 Å². The number of anilines is 1. The SMILES string of the molecule is CC(=O)Nc1cc(C(=O)N2CCO[C@@H]3CCCC[C@@H]32)ccc1F. The number of nitrogens with zero attached hydrogens (tertiary/aromatic N) is 1. The van der Waals surface area contributed by atoms with E-state index in [1.54, 1.807) is 0 Å². The Hall–Kier alpha value is -1.95. The molecule has 2 atom stereocenters. The number of carbonyl (C=O) groups is 2. The van der Waals surface area contributed by atoms with Crippen molar-refractivity contribution in [3.8, 4) is 0 Å². The average molecular weight is 320 g/mol. The number of fused-ring (bicyclic) bond motifs is 1. The zero-order chi connectivity index (χ0) is 16.4. The van der Waals surface area contributed by atoms with Crippen molar-refractivity contribution in [1.82, 2.24) is 4.90 Å². The fourth-order valence-electron chi connectivity index (χ4n) is 3.46. The largest absolute Gasteiger partial charge is 0.374 e. The van der Waals surface area contributed by atoms with Crippen LogP contribution in [0.4, 0.5) is 10.1 Å². The summed E-state index contributed by atoms with van der Waals surface area (Å²) < 4.78 is 19.5. The highest BCUT2D eigenvalue weighted by Gasteiger charge is 2.37. The van der Waals surface area contributed by atoms with E-state index in [9.17, 15) is 14.0 Å². The summed E-state index contributed by atoms with van der Waals surface area (Å²) in [4.78, 5) is 25.8. The van der Waals surface area contributed by atoms with E-state index in [0.29, 0.717) is 18.7 Å². The quantitative estimate of drug-likeness (QED) is 0.911. The standard InChI is InChI=1S/C17H21FN2O3/c1-11(21)19-14-10-12(6-7-13(14)18)17(22)20-8-9-23-16-5-3-2-4-15(16)20/h6-7,10,15-16H,2-5,8-9H2,1H3,(H,19,21)/t15-,16+/m0/s1. The number of hydrogen-bond acceptors (Lipinski definition) is 3. The molecule has 2 fully saturated rings. The van der Waals surface area contributed by atoms with E-state index in [2.05, 4.69) is 5.32 Å². The minimum Gasteiger partial charge on any atom is -0.374 e. The summed E-state index contributed by atoms with van der Waals surface area (Å²) in [6.07, 6.45) is 4.25. The van der Waals surface area contributed by atoms with Crippen LogP contribution in [0.5, 0.6) is 0 Å². The Balaban J connectivity index is 1.83. The second-order valence-electron chi connectivity index (χ2n) is 6.14. The molecule has 1 saturated carbocycles. The molecule has 0 aromatic heterocycles. The molecule has 1 aromatic rings. The van der Waals surface area contributed by atoms with Crippen molar-refractivity contribution in [2.45, 2.75) is 44.8 Å². The summed E-state index contributed by atoms with van der Waals surface area (Å²) in [6.45, 7) is 2.39. The van der Waals surface area contributed by atoms with E-state index in [1.165, 1.54) is 25.1 Å². The predicted molar refractivity (Wildman–Crippen MR) is 83.7 cm³/mol. The van der Waals surface area contributed by atoms with E-state index in [0.717, 1.165) is 25.7 Å². The average Bonchev–Trinajstić information content (AvgIpc) is 2.55. The molecule has 1 aromatic carbocycles. The Bertz CT molecular complexity index is 618. The summed E-state index contributed by atoms with van der Waals surface area (Å²) in [6, 6.07) is 4.19. The van der Waals surface area contributed by atoms with Crippen LogP contribution in [0.1, 0.15) is 43.0 Å². The smallest absolute Gasteiger partial charge is 0.254 e. The number of ether oxygens (including phenoxy) is 1. The third-order valence-corrected chi connectivity index (χ3v) is 4.52. The van der Waals surface area contributed by atoms with Crippen molar-refractivity contribution in [1.29, 1.82) is 0 Å². The second kappa shape index (κ2) is 6.66. The highest BCUT2D eigenvalue weighted by Crippen LogP contribution is 2.30. The van der Waals surface area contributed by atoms with E-state index in [4.69, 9.17) is 4.74 Å². The molecule has 1 N–H and O–H groups in total. The van der Waals surface area contributed by atoms with Crippen molar-refractivity contribution in [2.24, 2.45) is 0 Å². The molecule has 23 heavy (non-hydrogen) atoms. The first-order valence-electron chi connectivity index (χ1n) is 8.06. The van der Waals surface area contributed by atoms with Crippen LogP contribution in [0.15, 0.2) is 18.2 Å². The third kappa shape index (κ3) is 3.37. The van der Waals surface area contributed by atoms with Crippen molar-refractivity contribution in [3.05, 3.63) is 29.6 Å². The van der Waals surface area contributed by atoms with Crippen LogP contribution in [0.3, 0.4) is 0 Å². The second-order valence-corrected chi connectivity index (χ2v) is 6.14. The zero-order valence-electron chi connectivity index (χ0n) is 13.2. The summed E-state index contributed by atoms with van der Waals surface area (Å²) in [5.41, 5.74) is 0.429. The molecular weight excluding hydrogens is 299 g/mol. The first kappa shape index (κ1) is 15.9. The van der Waals surface area contributed by atoms with Crippen LogP contribution in [0.25, 0.3) is 0 Å². The van der Waals surface area contributed by atoms with Crippen LogP contribution in [0.2, 0.25) is 0 Å². The van der Waals surface area contributed by atoms with Crippen LogP contribution in [-0.4, -0.2) is 42.0 Å². The van der Waals surface area contributed by atoms with E-state index in [-0.39, 0.29) is 29.6 Å². The number of amides is 2. The molecule has 6 heteroatoms. The van der Waals surface area contributed by atoms with Crippen molar-refractivity contribution in [2.75, 3.05) is 18.5 Å². The van der Waals surface area contributed by atoms with Crippen molar-refractivity contribution < 1.29 is 18.7 Å². The monoisotopic (exact) mass is 320 g/mol. The van der Waals surface area contributed by atoms with Gasteiger partial charge in [-0.25, -0.2) is 4.39 Å². The maximum atomic E-state index is 13.7. The molecule has 1 aliphatic heterocycles. The Morgan fingerprint density at radius 1 is 1.30 bits per heavy atom. The molecule has 1 aliphatic carbocycles. The highest BCUT2D eigenvalue weighted by molar-refractivity contribution is 5.97. The van der Waals surface area contributed by atoms with Crippen molar-refractivity contribution in [3.63, 3.8) is 0 Å². The lowest BCUT2D eigenvalue weighted by atomic mass is 9.89. The first-order chi connectivity index (χ1) is 11.1. The number of rotatable bonds is 2. The number of morpholine rings is 1. The van der Waals surface area contributed by atoms with Gasteiger partial charge in [0.05, 0.1) is 24.4 Å². The molecule has 2 amide bonds. The molecule has 124 valence electrons. The molecule has 3 rings (SSSR count). The highest BCUT2D eigenvalue weighted by atomic mass is 19.1. The summed E-state index contributed by atoms with van der Waals surface area (Å²) in [7, 11) is 0. The summed E-state index contributed by atoms with van der Waals surface area (Å²) in [5, 5.41) is 2.42. The molecule has 0 radical (unpaired) electrons. The third-order valence-electron chi connectivity index (χ3n) is 4.52. The molecular formula is C17H21FN2O3. The maximum Gasteiger partial charge on any atom is 0.254 e. The molecule has 0 bridgehead atoms. The van der Waals surface area contributed by atoms with Gasteiger partial charge in [-0.2, -0.15) is 0 Å². The Labute approximate surface area is 134 Å². The topological polar surface area (TPSA) is 58.6 Å². The number of benzene rings is 1. The number of nitrogens with one attached hydrogen (secondary N) is 1. The zero-order valence-corrected chi connectivity index (χ0v) is 13.2. The van der Waals surface area contributed by atoms with E-state index in [1.807, 2.05) is 4.90 Å². The van der Waals surface area contributed by atoms with Crippen molar-refractivity contribution >= 4 is 17.5 Å². The lowest BCUT2D eigenvalue weighted by Crippen LogP contribution is -2.54.